The van der Waals surface area contributed by atoms with Crippen LogP contribution in [0.1, 0.15) is 12.8 Å². The number of benzene rings is 1. The molecular formula is C16H25N3O2. The summed E-state index contributed by atoms with van der Waals surface area (Å²) in [5.74, 6) is 1.46. The number of rotatable bonds is 6. The Morgan fingerprint density at radius 2 is 2.19 bits per heavy atom. The van der Waals surface area contributed by atoms with Gasteiger partial charge in [-0.25, -0.2) is 0 Å². The number of methoxy groups -OCH3 is 1. The van der Waals surface area contributed by atoms with Crippen molar-refractivity contribution in [2.24, 2.45) is 5.92 Å². The second-order valence-corrected chi connectivity index (χ2v) is 5.67. The van der Waals surface area contributed by atoms with Crippen LogP contribution in [0.4, 0.5) is 5.69 Å². The molecule has 1 saturated heterocycles. The lowest BCUT2D eigenvalue weighted by molar-refractivity contribution is -0.117. The van der Waals surface area contributed by atoms with Gasteiger partial charge in [-0.15, -0.1) is 0 Å². The van der Waals surface area contributed by atoms with Gasteiger partial charge in [0.15, 0.2) is 0 Å². The summed E-state index contributed by atoms with van der Waals surface area (Å²) in [6.45, 7) is 3.58. The number of carbonyl (C=O) groups is 1. The second-order valence-electron chi connectivity index (χ2n) is 5.67. The van der Waals surface area contributed by atoms with E-state index in [2.05, 4.69) is 15.5 Å². The standard InChI is InChI=1S/C16H25N3O2/c1-19(11-13-6-8-17-9-7-13)12-16(20)18-14-4-3-5-15(10-14)21-2/h3-5,10,13,17H,6-9,11-12H2,1-2H3,(H,18,20). The van der Waals surface area contributed by atoms with Crippen LogP contribution in [0.2, 0.25) is 0 Å². The maximum absolute atomic E-state index is 12.1. The van der Waals surface area contributed by atoms with Crippen LogP contribution in [-0.4, -0.2) is 51.1 Å². The van der Waals surface area contributed by atoms with E-state index in [1.807, 2.05) is 31.3 Å². The Labute approximate surface area is 126 Å². The lowest BCUT2D eigenvalue weighted by Gasteiger charge is -2.27. The molecule has 1 aromatic carbocycles. The average molecular weight is 291 g/mol. The minimum atomic E-state index is 0.0136. The van der Waals surface area contributed by atoms with Crippen LogP contribution in [-0.2, 0) is 4.79 Å². The van der Waals surface area contributed by atoms with Crippen LogP contribution in [0.25, 0.3) is 0 Å². The topological polar surface area (TPSA) is 53.6 Å². The first kappa shape index (κ1) is 15.8. The van der Waals surface area contributed by atoms with Crippen molar-refractivity contribution in [1.29, 1.82) is 0 Å². The zero-order chi connectivity index (χ0) is 15.1. The number of carbonyl (C=O) groups excluding carboxylic acids is 1. The van der Waals surface area contributed by atoms with Gasteiger partial charge in [-0.2, -0.15) is 0 Å². The van der Waals surface area contributed by atoms with Gasteiger partial charge < -0.3 is 15.4 Å². The highest BCUT2D eigenvalue weighted by Crippen LogP contribution is 2.17. The number of likely N-dealkylation sites (N-methyl/N-ethyl adjacent to an activating group) is 1. The number of anilines is 1. The van der Waals surface area contributed by atoms with Gasteiger partial charge in [-0.1, -0.05) is 6.07 Å². The number of hydrogen-bond donors (Lipinski definition) is 2. The molecule has 0 spiro atoms. The van der Waals surface area contributed by atoms with Gasteiger partial charge in [-0.05, 0) is 51.0 Å². The Morgan fingerprint density at radius 3 is 2.90 bits per heavy atom. The monoisotopic (exact) mass is 291 g/mol. The van der Waals surface area contributed by atoms with Crippen molar-refractivity contribution in [2.45, 2.75) is 12.8 Å². The Bertz CT molecular complexity index is 459. The van der Waals surface area contributed by atoms with Gasteiger partial charge in [0.2, 0.25) is 5.91 Å². The summed E-state index contributed by atoms with van der Waals surface area (Å²) in [4.78, 5) is 14.2. The van der Waals surface area contributed by atoms with Gasteiger partial charge in [0.05, 0.1) is 13.7 Å². The lowest BCUT2D eigenvalue weighted by atomic mass is 9.98. The zero-order valence-corrected chi connectivity index (χ0v) is 12.9. The molecule has 1 aliphatic heterocycles. The molecule has 116 valence electrons. The van der Waals surface area contributed by atoms with Gasteiger partial charge in [0.25, 0.3) is 0 Å². The van der Waals surface area contributed by atoms with Crippen LogP contribution < -0.4 is 15.4 Å². The number of amides is 1. The van der Waals surface area contributed by atoms with E-state index in [1.165, 1.54) is 12.8 Å². The van der Waals surface area contributed by atoms with Crippen LogP contribution in [0.3, 0.4) is 0 Å². The van der Waals surface area contributed by atoms with E-state index in [0.29, 0.717) is 12.5 Å². The van der Waals surface area contributed by atoms with E-state index in [-0.39, 0.29) is 5.91 Å². The summed E-state index contributed by atoms with van der Waals surface area (Å²) in [7, 11) is 3.63. The Balaban J connectivity index is 1.77. The van der Waals surface area contributed by atoms with E-state index in [9.17, 15) is 4.79 Å². The Kier molecular flexibility index (Phi) is 6.02. The zero-order valence-electron chi connectivity index (χ0n) is 12.9. The molecule has 2 N–H and O–H groups in total. The summed E-state index contributed by atoms with van der Waals surface area (Å²) >= 11 is 0. The fourth-order valence-corrected chi connectivity index (χ4v) is 2.72. The predicted molar refractivity (Wildman–Crippen MR) is 84.7 cm³/mol. The highest BCUT2D eigenvalue weighted by atomic mass is 16.5. The van der Waals surface area contributed by atoms with Gasteiger partial charge in [0.1, 0.15) is 5.75 Å². The van der Waals surface area contributed by atoms with Crippen molar-refractivity contribution in [3.05, 3.63) is 24.3 Å². The van der Waals surface area contributed by atoms with E-state index in [4.69, 9.17) is 4.74 Å². The largest absolute Gasteiger partial charge is 0.497 e. The van der Waals surface area contributed by atoms with Crippen molar-refractivity contribution in [2.75, 3.05) is 45.7 Å². The number of nitrogens with one attached hydrogen (secondary N) is 2. The quantitative estimate of drug-likeness (QED) is 0.835. The fourth-order valence-electron chi connectivity index (χ4n) is 2.72. The lowest BCUT2D eigenvalue weighted by Crippen LogP contribution is -2.37. The number of ether oxygens (including phenoxy) is 1. The normalized spacial score (nSPS) is 16.0. The maximum atomic E-state index is 12.1. The molecule has 0 bridgehead atoms. The Hall–Kier alpha value is -1.59. The molecule has 0 saturated carbocycles. The van der Waals surface area contributed by atoms with Crippen molar-refractivity contribution in [3.8, 4) is 5.75 Å². The van der Waals surface area contributed by atoms with Crippen LogP contribution in [0.15, 0.2) is 24.3 Å². The van der Waals surface area contributed by atoms with E-state index in [1.54, 1.807) is 7.11 Å². The Morgan fingerprint density at radius 1 is 1.43 bits per heavy atom. The molecule has 1 aliphatic rings. The molecular weight excluding hydrogens is 266 g/mol. The first-order valence-electron chi connectivity index (χ1n) is 7.50. The molecule has 0 radical (unpaired) electrons. The first-order valence-corrected chi connectivity index (χ1v) is 7.50. The molecule has 2 rings (SSSR count). The van der Waals surface area contributed by atoms with Crippen LogP contribution in [0.5, 0.6) is 5.75 Å². The maximum Gasteiger partial charge on any atom is 0.238 e. The molecule has 0 unspecified atom stereocenters. The van der Waals surface area contributed by atoms with Gasteiger partial charge in [-0.3, -0.25) is 9.69 Å². The number of piperidine rings is 1. The van der Waals surface area contributed by atoms with Crippen molar-refractivity contribution < 1.29 is 9.53 Å². The molecule has 1 aromatic rings. The third-order valence-corrected chi connectivity index (χ3v) is 3.80. The molecule has 0 aliphatic carbocycles. The molecule has 0 atom stereocenters. The number of hydrogen-bond acceptors (Lipinski definition) is 4. The summed E-state index contributed by atoms with van der Waals surface area (Å²) in [6, 6.07) is 7.42. The smallest absolute Gasteiger partial charge is 0.238 e. The second kappa shape index (κ2) is 8.00. The highest BCUT2D eigenvalue weighted by molar-refractivity contribution is 5.92. The summed E-state index contributed by atoms with van der Waals surface area (Å²) in [5, 5.41) is 6.27. The SMILES string of the molecule is COc1cccc(NC(=O)CN(C)CC2CCNCC2)c1. The molecule has 1 heterocycles. The fraction of sp³-hybridized carbons (Fsp3) is 0.562. The summed E-state index contributed by atoms with van der Waals surface area (Å²) < 4.78 is 5.15. The number of nitrogens with zero attached hydrogens (tertiary/aromatic N) is 1. The molecule has 21 heavy (non-hydrogen) atoms. The van der Waals surface area contributed by atoms with Crippen molar-refractivity contribution in [1.82, 2.24) is 10.2 Å². The third-order valence-electron chi connectivity index (χ3n) is 3.80. The molecule has 1 fully saturated rings. The van der Waals surface area contributed by atoms with E-state index < -0.39 is 0 Å². The van der Waals surface area contributed by atoms with Gasteiger partial charge >= 0.3 is 0 Å². The average Bonchev–Trinajstić information content (AvgIpc) is 2.48. The van der Waals surface area contributed by atoms with Crippen LogP contribution in [0, 0.1) is 5.92 Å². The molecule has 0 aromatic heterocycles. The first-order chi connectivity index (χ1) is 10.2. The predicted octanol–water partition coefficient (Wildman–Crippen LogP) is 1.57. The summed E-state index contributed by atoms with van der Waals surface area (Å²) in [5.41, 5.74) is 0.773. The minimum absolute atomic E-state index is 0.0136. The molecule has 5 heteroatoms. The summed E-state index contributed by atoms with van der Waals surface area (Å²) in [6.07, 6.45) is 2.39. The van der Waals surface area contributed by atoms with Crippen LogP contribution >= 0.6 is 0 Å². The van der Waals surface area contributed by atoms with E-state index in [0.717, 1.165) is 31.1 Å². The van der Waals surface area contributed by atoms with E-state index >= 15 is 0 Å². The molecule has 1 amide bonds. The molecule has 5 nitrogen and oxygen atoms in total. The van der Waals surface area contributed by atoms with Crippen molar-refractivity contribution >= 4 is 11.6 Å². The highest BCUT2D eigenvalue weighted by Gasteiger charge is 2.16. The van der Waals surface area contributed by atoms with Gasteiger partial charge in [0, 0.05) is 18.3 Å². The minimum Gasteiger partial charge on any atom is -0.497 e. The third kappa shape index (κ3) is 5.36. The van der Waals surface area contributed by atoms with Crippen molar-refractivity contribution in [3.63, 3.8) is 0 Å².